The lowest BCUT2D eigenvalue weighted by molar-refractivity contribution is -0.387. The third-order valence-corrected chi connectivity index (χ3v) is 9.58. The first-order valence-corrected chi connectivity index (χ1v) is 15.8. The molecule has 9 nitrogen and oxygen atoms in total. The third kappa shape index (κ3) is 6.72. The maximum atomic E-state index is 12.6. The monoisotopic (exact) mass is 637 g/mol. The first kappa shape index (κ1) is 29.3. The van der Waals surface area contributed by atoms with E-state index in [1.165, 1.54) is 40.9 Å². The van der Waals surface area contributed by atoms with Gasteiger partial charge in [-0.15, -0.1) is 11.3 Å². The van der Waals surface area contributed by atoms with Crippen molar-refractivity contribution < 1.29 is 14.5 Å². The Kier molecular flexibility index (Phi) is 8.29. The summed E-state index contributed by atoms with van der Waals surface area (Å²) in [5, 5.41) is 18.1. The summed E-state index contributed by atoms with van der Waals surface area (Å²) in [7, 11) is 0. The summed E-state index contributed by atoms with van der Waals surface area (Å²) in [5.41, 5.74) is 5.25. The Morgan fingerprint density at radius 1 is 1.00 bits per heavy atom. The fourth-order valence-corrected chi connectivity index (χ4v) is 7.24. The highest BCUT2D eigenvalue weighted by atomic mass is 32.2. The number of aromatic nitrogens is 1. The molecular weight excluding hydrogens is 615 g/mol. The van der Waals surface area contributed by atoms with Gasteiger partial charge in [-0.05, 0) is 85.8 Å². The van der Waals surface area contributed by atoms with Crippen LogP contribution in [0.15, 0.2) is 104 Å². The number of carbonyl (C=O) groups is 2. The molecule has 2 heterocycles. The zero-order valence-electron chi connectivity index (χ0n) is 23.4. The van der Waals surface area contributed by atoms with E-state index in [1.807, 2.05) is 62.4 Å². The van der Waals surface area contributed by atoms with E-state index in [0.29, 0.717) is 36.1 Å². The number of nitro benzene ring substituents is 1. The Labute approximate surface area is 264 Å². The second kappa shape index (κ2) is 12.4. The molecule has 1 fully saturated rings. The molecule has 218 valence electrons. The predicted octanol–water partition coefficient (Wildman–Crippen LogP) is 8.12. The SMILES string of the molecule is Cc1ccc(N=C2NC(=O)/C(=C/c3ccc(Sc4nc5ccc(NC(=O)c6ccc(C)cc6)cc5s4)c([N+](=O)[O-])c3)S2)cc1. The lowest BCUT2D eigenvalue weighted by atomic mass is 10.1. The smallest absolute Gasteiger partial charge is 0.283 e. The van der Waals surface area contributed by atoms with Crippen LogP contribution in [-0.4, -0.2) is 26.9 Å². The lowest BCUT2D eigenvalue weighted by Gasteiger charge is -2.05. The standard InChI is InChI=1S/C32H23N5O4S3/c1-18-3-8-21(9-4-18)29(38)33-23-12-13-24-27(17-23)44-32(35-24)43-26-14-7-20(15-25(26)37(40)41)16-28-30(39)36-31(42-28)34-22-10-5-19(2)6-11-22/h3-17H,1-2H3,(H,33,38)(H,34,36,39)/b28-16-. The number of hydrogen-bond acceptors (Lipinski definition) is 9. The van der Waals surface area contributed by atoms with E-state index in [4.69, 9.17) is 0 Å². The maximum absolute atomic E-state index is 12.6. The second-order valence-corrected chi connectivity index (χ2v) is 13.2. The maximum Gasteiger partial charge on any atom is 0.283 e. The van der Waals surface area contributed by atoms with Crippen molar-refractivity contribution in [3.63, 3.8) is 0 Å². The van der Waals surface area contributed by atoms with Gasteiger partial charge in [0.15, 0.2) is 9.51 Å². The van der Waals surface area contributed by atoms with Gasteiger partial charge in [0, 0.05) is 17.3 Å². The Hall–Kier alpha value is -4.78. The van der Waals surface area contributed by atoms with Gasteiger partial charge < -0.3 is 10.6 Å². The van der Waals surface area contributed by atoms with Crippen molar-refractivity contribution in [3.05, 3.63) is 122 Å². The summed E-state index contributed by atoms with van der Waals surface area (Å²) >= 11 is 3.76. The van der Waals surface area contributed by atoms with Gasteiger partial charge in [0.05, 0.1) is 30.6 Å². The van der Waals surface area contributed by atoms with Crippen LogP contribution in [0.3, 0.4) is 0 Å². The Balaban J connectivity index is 1.19. The molecule has 5 aromatic rings. The van der Waals surface area contributed by atoms with Gasteiger partial charge in [-0.3, -0.25) is 19.7 Å². The minimum Gasteiger partial charge on any atom is -0.322 e. The number of thiazole rings is 1. The fourth-order valence-electron chi connectivity index (χ4n) is 4.25. The number of thioether (sulfide) groups is 1. The Morgan fingerprint density at radius 2 is 1.73 bits per heavy atom. The summed E-state index contributed by atoms with van der Waals surface area (Å²) in [6.45, 7) is 3.95. The van der Waals surface area contributed by atoms with Gasteiger partial charge in [0.1, 0.15) is 0 Å². The predicted molar refractivity (Wildman–Crippen MR) is 178 cm³/mol. The quantitative estimate of drug-likeness (QED) is 0.105. The molecule has 44 heavy (non-hydrogen) atoms. The van der Waals surface area contributed by atoms with E-state index in [1.54, 1.807) is 36.4 Å². The molecule has 0 unspecified atom stereocenters. The normalized spacial score (nSPS) is 14.7. The summed E-state index contributed by atoms with van der Waals surface area (Å²) in [6.07, 6.45) is 1.61. The molecule has 1 aliphatic heterocycles. The molecule has 0 radical (unpaired) electrons. The van der Waals surface area contributed by atoms with Crippen LogP contribution >= 0.6 is 34.9 Å². The van der Waals surface area contributed by atoms with E-state index in [-0.39, 0.29) is 17.5 Å². The van der Waals surface area contributed by atoms with Gasteiger partial charge in [0.25, 0.3) is 17.5 Å². The number of nitro groups is 1. The molecular formula is C32H23N5O4S3. The van der Waals surface area contributed by atoms with Crippen LogP contribution in [0.2, 0.25) is 0 Å². The second-order valence-electron chi connectivity index (χ2n) is 9.89. The number of aliphatic imine (C=N–C) groups is 1. The van der Waals surface area contributed by atoms with E-state index in [9.17, 15) is 19.7 Å². The number of amides is 2. The fraction of sp³-hybridized carbons (Fsp3) is 0.0625. The summed E-state index contributed by atoms with van der Waals surface area (Å²) < 4.78 is 1.46. The molecule has 0 spiro atoms. The van der Waals surface area contributed by atoms with Crippen molar-refractivity contribution in [1.29, 1.82) is 0 Å². The Morgan fingerprint density at radius 3 is 2.45 bits per heavy atom. The number of anilines is 1. The van der Waals surface area contributed by atoms with Crippen LogP contribution in [0, 0.1) is 24.0 Å². The lowest BCUT2D eigenvalue weighted by Crippen LogP contribution is -2.19. The van der Waals surface area contributed by atoms with Crippen molar-refractivity contribution in [1.82, 2.24) is 10.3 Å². The summed E-state index contributed by atoms with van der Waals surface area (Å²) in [5.74, 6) is -0.525. The van der Waals surface area contributed by atoms with Gasteiger partial charge in [-0.1, -0.05) is 53.2 Å². The van der Waals surface area contributed by atoms with Crippen molar-refractivity contribution in [2.24, 2.45) is 4.99 Å². The zero-order chi connectivity index (χ0) is 30.8. The molecule has 0 atom stereocenters. The van der Waals surface area contributed by atoms with Crippen molar-refractivity contribution >= 4 is 85.2 Å². The van der Waals surface area contributed by atoms with Gasteiger partial charge in [-0.25, -0.2) is 9.98 Å². The van der Waals surface area contributed by atoms with Crippen LogP contribution in [0.5, 0.6) is 0 Å². The number of amidine groups is 1. The van der Waals surface area contributed by atoms with E-state index < -0.39 is 4.92 Å². The number of nitrogens with zero attached hydrogens (tertiary/aromatic N) is 3. The van der Waals surface area contributed by atoms with Crippen LogP contribution in [0.1, 0.15) is 27.0 Å². The minimum atomic E-state index is -0.442. The van der Waals surface area contributed by atoms with Gasteiger partial charge in [0.2, 0.25) is 0 Å². The molecule has 1 aliphatic rings. The number of carbonyl (C=O) groups excluding carboxylic acids is 2. The highest BCUT2D eigenvalue weighted by Crippen LogP contribution is 2.40. The molecule has 2 N–H and O–H groups in total. The number of nitrogens with one attached hydrogen (secondary N) is 2. The molecule has 0 saturated carbocycles. The zero-order valence-corrected chi connectivity index (χ0v) is 25.8. The van der Waals surface area contributed by atoms with Crippen molar-refractivity contribution in [2.75, 3.05) is 5.32 Å². The number of hydrogen-bond donors (Lipinski definition) is 2. The number of rotatable bonds is 7. The first-order valence-electron chi connectivity index (χ1n) is 13.3. The van der Waals surface area contributed by atoms with E-state index in [2.05, 4.69) is 20.6 Å². The molecule has 1 saturated heterocycles. The first-order chi connectivity index (χ1) is 21.2. The topological polar surface area (TPSA) is 127 Å². The minimum absolute atomic E-state index is 0.0911. The van der Waals surface area contributed by atoms with E-state index in [0.717, 1.165) is 27.0 Å². The third-order valence-electron chi connectivity index (χ3n) is 6.53. The number of fused-ring (bicyclic) bond motifs is 1. The number of aryl methyl sites for hydroxylation is 2. The highest BCUT2D eigenvalue weighted by molar-refractivity contribution is 8.18. The average molecular weight is 638 g/mol. The molecule has 4 aromatic carbocycles. The molecule has 2 amide bonds. The summed E-state index contributed by atoms with van der Waals surface area (Å²) in [4.78, 5) is 46.7. The number of benzene rings is 4. The molecule has 1 aromatic heterocycles. The largest absolute Gasteiger partial charge is 0.322 e. The molecule has 6 rings (SSSR count). The molecule has 12 heteroatoms. The van der Waals surface area contributed by atoms with Crippen molar-refractivity contribution in [2.45, 2.75) is 23.1 Å². The molecule has 0 aliphatic carbocycles. The van der Waals surface area contributed by atoms with Gasteiger partial charge in [-0.2, -0.15) is 0 Å². The average Bonchev–Trinajstić information content (AvgIpc) is 3.56. The highest BCUT2D eigenvalue weighted by Gasteiger charge is 2.25. The van der Waals surface area contributed by atoms with E-state index >= 15 is 0 Å². The van der Waals surface area contributed by atoms with Crippen molar-refractivity contribution in [3.8, 4) is 0 Å². The van der Waals surface area contributed by atoms with Crippen LogP contribution in [0.4, 0.5) is 17.1 Å². The van der Waals surface area contributed by atoms with Crippen LogP contribution < -0.4 is 10.6 Å². The van der Waals surface area contributed by atoms with Crippen LogP contribution in [0.25, 0.3) is 16.3 Å². The van der Waals surface area contributed by atoms with Gasteiger partial charge >= 0.3 is 0 Å². The molecule has 0 bridgehead atoms. The Bertz CT molecular complexity index is 2000. The van der Waals surface area contributed by atoms with Crippen LogP contribution in [-0.2, 0) is 4.79 Å². The summed E-state index contributed by atoms with van der Waals surface area (Å²) in [6, 6.07) is 25.2.